The highest BCUT2D eigenvalue weighted by Gasteiger charge is 2.43. The van der Waals surface area contributed by atoms with Crippen molar-refractivity contribution in [3.8, 4) is 0 Å². The smallest absolute Gasteiger partial charge is 0.253 e. The van der Waals surface area contributed by atoms with Crippen LogP contribution in [0, 0.1) is 11.8 Å². The molecule has 3 unspecified atom stereocenters. The first-order valence-electron chi connectivity index (χ1n) is 14.8. The number of amides is 2. The first kappa shape index (κ1) is 26.6. The molecule has 6 heteroatoms. The number of ether oxygens (including phenoxy) is 1. The Balaban J connectivity index is 1.14. The van der Waals surface area contributed by atoms with Gasteiger partial charge in [-0.2, -0.15) is 0 Å². The van der Waals surface area contributed by atoms with Crippen LogP contribution in [0.3, 0.4) is 0 Å². The fraction of sp³-hybridized carbons (Fsp3) is 0.412. The van der Waals surface area contributed by atoms with Crippen LogP contribution in [0.4, 0.5) is 11.4 Å². The predicted octanol–water partition coefficient (Wildman–Crippen LogP) is 5.80. The largest absolute Gasteiger partial charge is 0.376 e. The van der Waals surface area contributed by atoms with Gasteiger partial charge in [0.15, 0.2) is 0 Å². The van der Waals surface area contributed by atoms with Gasteiger partial charge in [0.25, 0.3) is 5.91 Å². The molecule has 2 N–H and O–H groups in total. The standard InChI is InChI=1S/C34H39N3O3/c38-33(35-23-28-12-7-19-40-28)31-21-27(36-34(39)30-22-29(30)26-10-5-2-6-11-26)13-14-32(31)37-17-15-25(16-18-37)20-24-8-3-1-4-9-24/h1-6,8-11,13-14,21,25,28-30H,7,12,15-20,22-23H2,(H,35,38)(H,36,39). The molecule has 0 spiro atoms. The Labute approximate surface area is 237 Å². The van der Waals surface area contributed by atoms with Crippen molar-refractivity contribution >= 4 is 23.2 Å². The van der Waals surface area contributed by atoms with Gasteiger partial charge in [-0.1, -0.05) is 60.7 Å². The van der Waals surface area contributed by atoms with Crippen LogP contribution in [0.15, 0.2) is 78.9 Å². The second-order valence-corrected chi connectivity index (χ2v) is 11.5. The fourth-order valence-electron chi connectivity index (χ4n) is 6.29. The molecule has 6 rings (SSSR count). The Morgan fingerprint density at radius 2 is 1.65 bits per heavy atom. The highest BCUT2D eigenvalue weighted by Crippen LogP contribution is 2.48. The van der Waals surface area contributed by atoms with Crippen LogP contribution in [0.25, 0.3) is 0 Å². The number of anilines is 2. The number of carbonyl (C=O) groups is 2. The summed E-state index contributed by atoms with van der Waals surface area (Å²) in [6, 6.07) is 26.7. The van der Waals surface area contributed by atoms with Crippen molar-refractivity contribution in [2.45, 2.75) is 50.5 Å². The molecule has 2 saturated heterocycles. The topological polar surface area (TPSA) is 70.7 Å². The van der Waals surface area contributed by atoms with E-state index in [-0.39, 0.29) is 29.8 Å². The Bertz CT molecular complexity index is 1300. The van der Waals surface area contributed by atoms with E-state index >= 15 is 0 Å². The molecule has 3 fully saturated rings. The molecule has 2 aliphatic heterocycles. The molecule has 1 aliphatic carbocycles. The summed E-state index contributed by atoms with van der Waals surface area (Å²) >= 11 is 0. The van der Waals surface area contributed by atoms with E-state index in [9.17, 15) is 9.59 Å². The van der Waals surface area contributed by atoms with Gasteiger partial charge in [-0.3, -0.25) is 9.59 Å². The molecule has 0 radical (unpaired) electrons. The van der Waals surface area contributed by atoms with Gasteiger partial charge < -0.3 is 20.3 Å². The summed E-state index contributed by atoms with van der Waals surface area (Å²) in [6.07, 6.45) is 6.23. The average molecular weight is 538 g/mol. The SMILES string of the molecule is O=C(NCC1CCCO1)c1cc(NC(=O)C2CC2c2ccccc2)ccc1N1CCC(Cc2ccccc2)CC1. The van der Waals surface area contributed by atoms with Gasteiger partial charge in [-0.05, 0) is 79.7 Å². The molecule has 3 aliphatic rings. The van der Waals surface area contributed by atoms with Crippen LogP contribution in [0.5, 0.6) is 0 Å². The fourth-order valence-corrected chi connectivity index (χ4v) is 6.29. The summed E-state index contributed by atoms with van der Waals surface area (Å²) in [5.74, 6) is 0.801. The maximum atomic E-state index is 13.5. The van der Waals surface area contributed by atoms with Crippen molar-refractivity contribution in [1.82, 2.24) is 5.32 Å². The first-order valence-corrected chi connectivity index (χ1v) is 14.8. The Morgan fingerprint density at radius 1 is 0.900 bits per heavy atom. The van der Waals surface area contributed by atoms with E-state index in [4.69, 9.17) is 4.74 Å². The minimum Gasteiger partial charge on any atom is -0.376 e. The number of benzene rings is 3. The van der Waals surface area contributed by atoms with Crippen LogP contribution in [0.1, 0.15) is 59.5 Å². The van der Waals surface area contributed by atoms with Gasteiger partial charge in [0, 0.05) is 43.5 Å². The van der Waals surface area contributed by atoms with Crippen LogP contribution >= 0.6 is 0 Å². The second-order valence-electron chi connectivity index (χ2n) is 11.5. The van der Waals surface area contributed by atoms with E-state index in [1.807, 2.05) is 36.4 Å². The van der Waals surface area contributed by atoms with Crippen molar-refractivity contribution < 1.29 is 14.3 Å². The summed E-state index contributed by atoms with van der Waals surface area (Å²) in [7, 11) is 0. The molecule has 1 saturated carbocycles. The molecule has 2 amide bonds. The maximum absolute atomic E-state index is 13.5. The Hall–Kier alpha value is -3.64. The Morgan fingerprint density at radius 3 is 2.38 bits per heavy atom. The van der Waals surface area contributed by atoms with Gasteiger partial charge in [0.2, 0.25) is 5.91 Å². The van der Waals surface area contributed by atoms with Crippen molar-refractivity contribution in [2.24, 2.45) is 11.8 Å². The molecule has 2 heterocycles. The third-order valence-corrected chi connectivity index (χ3v) is 8.70. The number of nitrogens with zero attached hydrogens (tertiary/aromatic N) is 1. The van der Waals surface area contributed by atoms with Gasteiger partial charge in [-0.25, -0.2) is 0 Å². The third-order valence-electron chi connectivity index (χ3n) is 8.70. The molecule has 6 nitrogen and oxygen atoms in total. The van der Waals surface area contributed by atoms with Crippen molar-refractivity contribution in [3.05, 3.63) is 95.6 Å². The highest BCUT2D eigenvalue weighted by atomic mass is 16.5. The van der Waals surface area contributed by atoms with E-state index < -0.39 is 0 Å². The number of hydrogen-bond donors (Lipinski definition) is 2. The molecule has 3 aromatic carbocycles. The molecule has 40 heavy (non-hydrogen) atoms. The lowest BCUT2D eigenvalue weighted by atomic mass is 9.89. The monoisotopic (exact) mass is 537 g/mol. The zero-order valence-electron chi connectivity index (χ0n) is 23.1. The highest BCUT2D eigenvalue weighted by molar-refractivity contribution is 6.02. The molecular formula is C34H39N3O3. The number of rotatable bonds is 9. The first-order chi connectivity index (χ1) is 19.6. The molecule has 208 valence electrons. The lowest BCUT2D eigenvalue weighted by molar-refractivity contribution is -0.117. The minimum absolute atomic E-state index is 0.0223. The molecule has 0 bridgehead atoms. The lowest BCUT2D eigenvalue weighted by Crippen LogP contribution is -2.37. The van der Waals surface area contributed by atoms with Crippen molar-refractivity contribution in [2.75, 3.05) is 36.5 Å². The van der Waals surface area contributed by atoms with Gasteiger partial charge >= 0.3 is 0 Å². The molecular weight excluding hydrogens is 498 g/mol. The van der Waals surface area contributed by atoms with E-state index in [0.29, 0.717) is 23.7 Å². The third kappa shape index (κ3) is 6.39. The minimum atomic E-state index is -0.110. The van der Waals surface area contributed by atoms with E-state index in [1.165, 1.54) is 11.1 Å². The second kappa shape index (κ2) is 12.3. The summed E-state index contributed by atoms with van der Waals surface area (Å²) in [5, 5.41) is 6.20. The molecule has 3 atom stereocenters. The number of hydrogen-bond acceptors (Lipinski definition) is 4. The lowest BCUT2D eigenvalue weighted by Gasteiger charge is -2.35. The van der Waals surface area contributed by atoms with E-state index in [1.54, 1.807) is 0 Å². The number of piperidine rings is 1. The average Bonchev–Trinajstić information content (AvgIpc) is 3.64. The van der Waals surface area contributed by atoms with Crippen LogP contribution in [-0.2, 0) is 16.0 Å². The zero-order chi connectivity index (χ0) is 27.3. The quantitative estimate of drug-likeness (QED) is 0.362. The van der Waals surface area contributed by atoms with Crippen LogP contribution in [-0.4, -0.2) is 44.2 Å². The van der Waals surface area contributed by atoms with E-state index in [0.717, 1.165) is 63.9 Å². The Kier molecular flexibility index (Phi) is 8.14. The number of nitrogens with one attached hydrogen (secondary N) is 2. The van der Waals surface area contributed by atoms with Gasteiger partial charge in [0.1, 0.15) is 0 Å². The number of carbonyl (C=O) groups excluding carboxylic acids is 2. The van der Waals surface area contributed by atoms with Crippen molar-refractivity contribution in [3.63, 3.8) is 0 Å². The predicted molar refractivity (Wildman–Crippen MR) is 159 cm³/mol. The van der Waals surface area contributed by atoms with Crippen LogP contribution in [0.2, 0.25) is 0 Å². The van der Waals surface area contributed by atoms with E-state index in [2.05, 4.69) is 58.0 Å². The summed E-state index contributed by atoms with van der Waals surface area (Å²) < 4.78 is 5.72. The zero-order valence-corrected chi connectivity index (χ0v) is 23.1. The summed E-state index contributed by atoms with van der Waals surface area (Å²) in [6.45, 7) is 3.09. The van der Waals surface area contributed by atoms with Crippen LogP contribution < -0.4 is 15.5 Å². The molecule has 3 aromatic rings. The summed E-state index contributed by atoms with van der Waals surface area (Å²) in [4.78, 5) is 28.9. The van der Waals surface area contributed by atoms with Crippen molar-refractivity contribution in [1.29, 1.82) is 0 Å². The normalized spacial score (nSPS) is 22.6. The van der Waals surface area contributed by atoms with Gasteiger partial charge in [-0.15, -0.1) is 0 Å². The maximum Gasteiger partial charge on any atom is 0.253 e. The summed E-state index contributed by atoms with van der Waals surface area (Å²) in [5.41, 5.74) is 4.83. The molecule has 0 aromatic heterocycles. The van der Waals surface area contributed by atoms with Gasteiger partial charge in [0.05, 0.1) is 11.7 Å².